The third-order valence-corrected chi connectivity index (χ3v) is 11.6. The minimum Gasteiger partial charge on any atom is -0.344 e. The molecule has 1 unspecified atom stereocenters. The molecule has 0 saturated heterocycles. The first-order chi connectivity index (χ1) is 31.7. The highest BCUT2D eigenvalue weighted by Crippen LogP contribution is 2.46. The Morgan fingerprint density at radius 3 is 1.45 bits per heavy atom. The summed E-state index contributed by atoms with van der Waals surface area (Å²) >= 11 is 0. The van der Waals surface area contributed by atoms with E-state index in [-0.39, 0.29) is 0 Å². The van der Waals surface area contributed by atoms with Crippen LogP contribution in [0.5, 0.6) is 0 Å². The summed E-state index contributed by atoms with van der Waals surface area (Å²) < 4.78 is 0. The van der Waals surface area contributed by atoms with Crippen LogP contribution in [0.15, 0.2) is 241 Å². The molecule has 0 radical (unpaired) electrons. The van der Waals surface area contributed by atoms with E-state index in [9.17, 15) is 0 Å². The number of aliphatic imine (C=N–C) groups is 2. The maximum atomic E-state index is 5.37. The minimum absolute atomic E-state index is 0.465. The molecule has 0 saturated carbocycles. The van der Waals surface area contributed by atoms with Crippen LogP contribution in [-0.4, -0.2) is 26.6 Å². The Balaban J connectivity index is 1.16. The third kappa shape index (κ3) is 7.44. The van der Waals surface area contributed by atoms with Crippen LogP contribution in [0.25, 0.3) is 78.3 Å². The average molecular weight is 821 g/mol. The number of benzene rings is 9. The average Bonchev–Trinajstić information content (AvgIpc) is 3.39. The van der Waals surface area contributed by atoms with Crippen LogP contribution < -0.4 is 5.32 Å². The molecule has 302 valence electrons. The Hall–Kier alpha value is -8.61. The molecule has 0 bridgehead atoms. The van der Waals surface area contributed by atoms with Gasteiger partial charge in [0.05, 0.1) is 0 Å². The number of nitrogens with one attached hydrogen (secondary N) is 1. The Labute approximate surface area is 372 Å². The second-order valence-electron chi connectivity index (χ2n) is 15.6. The minimum atomic E-state index is -0.465. The van der Waals surface area contributed by atoms with E-state index in [1.807, 2.05) is 97.1 Å². The van der Waals surface area contributed by atoms with Crippen LogP contribution in [0, 0.1) is 0 Å². The molecular weight excluding hydrogens is 781 g/mol. The van der Waals surface area contributed by atoms with Gasteiger partial charge in [0.1, 0.15) is 12.0 Å². The van der Waals surface area contributed by atoms with Crippen LogP contribution in [-0.2, 0) is 0 Å². The maximum Gasteiger partial charge on any atom is 0.164 e. The molecule has 0 spiro atoms. The van der Waals surface area contributed by atoms with E-state index in [2.05, 4.69) is 139 Å². The number of amidine groups is 2. The predicted octanol–water partition coefficient (Wildman–Crippen LogP) is 13.5. The number of rotatable bonds is 9. The topological polar surface area (TPSA) is 75.4 Å². The maximum absolute atomic E-state index is 5.37. The summed E-state index contributed by atoms with van der Waals surface area (Å²) in [5.41, 5.74) is 12.1. The van der Waals surface area contributed by atoms with Crippen LogP contribution in [0.3, 0.4) is 0 Å². The summed E-state index contributed by atoms with van der Waals surface area (Å²) in [4.78, 5) is 25.9. The Morgan fingerprint density at radius 2 is 0.781 bits per heavy atom. The van der Waals surface area contributed by atoms with E-state index in [1.54, 1.807) is 0 Å². The van der Waals surface area contributed by atoms with Gasteiger partial charge in [-0.25, -0.2) is 24.9 Å². The van der Waals surface area contributed by atoms with Crippen molar-refractivity contribution in [3.63, 3.8) is 0 Å². The summed E-state index contributed by atoms with van der Waals surface area (Å²) in [6.07, 6.45) is -0.465. The molecule has 6 nitrogen and oxygen atoms in total. The van der Waals surface area contributed by atoms with E-state index < -0.39 is 6.17 Å². The molecule has 0 amide bonds. The van der Waals surface area contributed by atoms with Crippen molar-refractivity contribution >= 4 is 22.4 Å². The first-order valence-corrected chi connectivity index (χ1v) is 21.5. The Morgan fingerprint density at radius 1 is 0.328 bits per heavy atom. The van der Waals surface area contributed by atoms with Gasteiger partial charge in [0.15, 0.2) is 23.3 Å². The largest absolute Gasteiger partial charge is 0.344 e. The molecule has 9 aromatic carbocycles. The van der Waals surface area contributed by atoms with Gasteiger partial charge in [0.2, 0.25) is 0 Å². The Kier molecular flexibility index (Phi) is 10.2. The fourth-order valence-electron chi connectivity index (χ4n) is 8.63. The van der Waals surface area contributed by atoms with E-state index >= 15 is 0 Å². The summed E-state index contributed by atoms with van der Waals surface area (Å²) in [6.45, 7) is 0. The third-order valence-electron chi connectivity index (χ3n) is 11.6. The van der Waals surface area contributed by atoms with Gasteiger partial charge in [0, 0.05) is 33.4 Å². The molecule has 0 fully saturated rings. The fraction of sp³-hybridized carbons (Fsp3) is 0.0172. The zero-order valence-corrected chi connectivity index (χ0v) is 34.8. The van der Waals surface area contributed by atoms with Gasteiger partial charge < -0.3 is 5.32 Å². The van der Waals surface area contributed by atoms with Crippen LogP contribution in [0.4, 0.5) is 0 Å². The quantitative estimate of drug-likeness (QED) is 0.157. The summed E-state index contributed by atoms with van der Waals surface area (Å²) in [6, 6.07) is 79.6. The van der Waals surface area contributed by atoms with E-state index in [1.165, 1.54) is 10.8 Å². The molecule has 2 heterocycles. The van der Waals surface area contributed by atoms with Gasteiger partial charge in [-0.15, -0.1) is 0 Å². The van der Waals surface area contributed by atoms with Crippen molar-refractivity contribution in [2.75, 3.05) is 0 Å². The number of hydrogen-bond donors (Lipinski definition) is 1. The standard InChI is InChI=1S/C58H40N6/c1-5-22-40(23-6-1)53-59-54(41-24-7-2-8-25-41)62-57(61-53)50-34-17-15-32-46(50)48-38-20-37-47(45-36-19-30-39-21-13-14-31-44(39)45)52(48)49-33-16-18-35-51(49)58-63-55(42-26-9-3-10-27-42)60-56(64-58)43-28-11-4-12-29-43/h1-38,58H,(H,60,63,64). The van der Waals surface area contributed by atoms with Crippen LogP contribution in [0.1, 0.15) is 22.9 Å². The summed E-state index contributed by atoms with van der Waals surface area (Å²) in [5, 5.41) is 6.11. The molecular formula is C58H40N6. The molecule has 6 heteroatoms. The molecule has 1 atom stereocenters. The molecule has 1 N–H and O–H groups in total. The van der Waals surface area contributed by atoms with Crippen molar-refractivity contribution in [1.82, 2.24) is 20.3 Å². The Bertz CT molecular complexity index is 3280. The number of hydrogen-bond acceptors (Lipinski definition) is 6. The lowest BCUT2D eigenvalue weighted by Crippen LogP contribution is -2.33. The van der Waals surface area contributed by atoms with Gasteiger partial charge >= 0.3 is 0 Å². The fourth-order valence-corrected chi connectivity index (χ4v) is 8.63. The number of fused-ring (bicyclic) bond motifs is 1. The van der Waals surface area contributed by atoms with Crippen molar-refractivity contribution in [3.05, 3.63) is 247 Å². The molecule has 10 aromatic rings. The van der Waals surface area contributed by atoms with Gasteiger partial charge in [-0.3, -0.25) is 0 Å². The lowest BCUT2D eigenvalue weighted by molar-refractivity contribution is 0.676. The van der Waals surface area contributed by atoms with Crippen molar-refractivity contribution in [2.45, 2.75) is 6.17 Å². The van der Waals surface area contributed by atoms with E-state index in [0.717, 1.165) is 72.6 Å². The van der Waals surface area contributed by atoms with Gasteiger partial charge in [0.25, 0.3) is 0 Å². The predicted molar refractivity (Wildman–Crippen MR) is 262 cm³/mol. The summed E-state index contributed by atoms with van der Waals surface area (Å²) in [7, 11) is 0. The molecule has 1 aliphatic rings. The van der Waals surface area contributed by atoms with Gasteiger partial charge in [-0.2, -0.15) is 0 Å². The molecule has 64 heavy (non-hydrogen) atoms. The molecule has 0 aliphatic carbocycles. The lowest BCUT2D eigenvalue weighted by Gasteiger charge is -2.27. The smallest absolute Gasteiger partial charge is 0.164 e. The molecule has 11 rings (SSSR count). The van der Waals surface area contributed by atoms with Crippen molar-refractivity contribution < 1.29 is 0 Å². The zero-order valence-electron chi connectivity index (χ0n) is 34.8. The first kappa shape index (κ1) is 38.3. The van der Waals surface area contributed by atoms with E-state index in [4.69, 9.17) is 24.9 Å². The van der Waals surface area contributed by atoms with Crippen LogP contribution >= 0.6 is 0 Å². The summed E-state index contributed by atoms with van der Waals surface area (Å²) in [5.74, 6) is 3.25. The molecule has 1 aliphatic heterocycles. The van der Waals surface area contributed by atoms with Gasteiger partial charge in [-0.1, -0.05) is 231 Å². The second-order valence-corrected chi connectivity index (χ2v) is 15.6. The lowest BCUT2D eigenvalue weighted by atomic mass is 9.83. The number of nitrogens with zero attached hydrogens (tertiary/aromatic N) is 5. The monoisotopic (exact) mass is 820 g/mol. The van der Waals surface area contributed by atoms with Crippen molar-refractivity contribution in [3.8, 4) is 67.5 Å². The SMILES string of the molecule is c1ccc(C2=NC(c3ccccc3-c3c(-c4ccccc4-c4nc(-c5ccccc5)nc(-c5ccccc5)n4)cccc3-c3cccc4ccccc34)NC(c3ccccc3)=N2)cc1. The van der Waals surface area contributed by atoms with Crippen molar-refractivity contribution in [2.24, 2.45) is 9.98 Å². The first-order valence-electron chi connectivity index (χ1n) is 21.5. The normalized spacial score (nSPS) is 13.5. The molecule has 1 aromatic heterocycles. The highest BCUT2D eigenvalue weighted by molar-refractivity contribution is 6.13. The van der Waals surface area contributed by atoms with Crippen molar-refractivity contribution in [1.29, 1.82) is 0 Å². The van der Waals surface area contributed by atoms with Gasteiger partial charge in [-0.05, 0) is 44.2 Å². The highest BCUT2D eigenvalue weighted by Gasteiger charge is 2.27. The van der Waals surface area contributed by atoms with Crippen LogP contribution in [0.2, 0.25) is 0 Å². The second kappa shape index (κ2) is 17.0. The van der Waals surface area contributed by atoms with E-state index in [0.29, 0.717) is 23.3 Å². The highest BCUT2D eigenvalue weighted by atomic mass is 15.2. The zero-order chi connectivity index (χ0) is 42.7. The number of aromatic nitrogens is 3.